The summed E-state index contributed by atoms with van der Waals surface area (Å²) in [5.74, 6) is 0.356. The van der Waals surface area contributed by atoms with Crippen molar-refractivity contribution in [2.45, 2.75) is 18.8 Å². The van der Waals surface area contributed by atoms with Crippen LogP contribution < -0.4 is 0 Å². The van der Waals surface area contributed by atoms with Crippen LogP contribution in [-0.4, -0.2) is 42.5 Å². The van der Waals surface area contributed by atoms with Crippen molar-refractivity contribution in [1.82, 2.24) is 9.88 Å². The number of methoxy groups -OCH3 is 1. The molecule has 0 spiro atoms. The highest BCUT2D eigenvalue weighted by Crippen LogP contribution is 2.30. The minimum absolute atomic E-state index is 0.267. The molecule has 17 heavy (non-hydrogen) atoms. The molecule has 0 saturated carbocycles. The van der Waals surface area contributed by atoms with Crippen LogP contribution in [0.15, 0.2) is 5.38 Å². The van der Waals surface area contributed by atoms with Crippen molar-refractivity contribution in [2.24, 2.45) is 0 Å². The number of aldehydes is 1. The average molecular weight is 254 g/mol. The van der Waals surface area contributed by atoms with Crippen molar-refractivity contribution in [3.63, 3.8) is 0 Å². The monoisotopic (exact) mass is 254 g/mol. The van der Waals surface area contributed by atoms with Crippen molar-refractivity contribution in [3.05, 3.63) is 16.1 Å². The van der Waals surface area contributed by atoms with Crippen LogP contribution in [0, 0.1) is 0 Å². The van der Waals surface area contributed by atoms with Crippen molar-refractivity contribution in [1.29, 1.82) is 0 Å². The highest BCUT2D eigenvalue weighted by Gasteiger charge is 2.25. The lowest BCUT2D eigenvalue weighted by Crippen LogP contribution is -2.37. The molecule has 1 aromatic rings. The molecule has 1 saturated heterocycles. The van der Waals surface area contributed by atoms with E-state index in [1.807, 2.05) is 0 Å². The predicted molar refractivity (Wildman–Crippen MR) is 63.5 cm³/mol. The molecule has 5 nitrogen and oxygen atoms in total. The summed E-state index contributed by atoms with van der Waals surface area (Å²) in [6.45, 7) is 1.38. The van der Waals surface area contributed by atoms with E-state index in [0.717, 1.165) is 24.1 Å². The first-order valence-electron chi connectivity index (χ1n) is 5.48. The third-order valence-electron chi connectivity index (χ3n) is 2.94. The van der Waals surface area contributed by atoms with Crippen molar-refractivity contribution in [2.75, 3.05) is 20.2 Å². The van der Waals surface area contributed by atoms with Crippen LogP contribution in [0.1, 0.15) is 34.3 Å². The van der Waals surface area contributed by atoms with E-state index in [1.165, 1.54) is 18.4 Å². The van der Waals surface area contributed by atoms with Gasteiger partial charge in [-0.3, -0.25) is 4.79 Å². The molecule has 0 radical (unpaired) electrons. The number of likely N-dealkylation sites (tertiary alicyclic amines) is 1. The number of amides is 1. The molecule has 0 atom stereocenters. The van der Waals surface area contributed by atoms with Crippen LogP contribution in [0.25, 0.3) is 0 Å². The van der Waals surface area contributed by atoms with Gasteiger partial charge in [-0.15, -0.1) is 11.3 Å². The van der Waals surface area contributed by atoms with Gasteiger partial charge in [0.2, 0.25) is 0 Å². The molecule has 92 valence electrons. The van der Waals surface area contributed by atoms with E-state index >= 15 is 0 Å². The Morgan fingerprint density at radius 1 is 1.59 bits per heavy atom. The third-order valence-corrected chi connectivity index (χ3v) is 3.96. The summed E-state index contributed by atoms with van der Waals surface area (Å²) in [6, 6.07) is 0. The minimum atomic E-state index is -0.267. The molecular formula is C11H14N2O3S. The molecule has 0 unspecified atom stereocenters. The number of hydrogen-bond donors (Lipinski definition) is 0. The Balaban J connectivity index is 1.94. The first-order chi connectivity index (χ1) is 8.24. The molecular weight excluding hydrogens is 240 g/mol. The third kappa shape index (κ3) is 2.63. The lowest BCUT2D eigenvalue weighted by molar-refractivity contribution is 0.111. The number of aromatic nitrogens is 1. The Morgan fingerprint density at radius 2 is 2.29 bits per heavy atom. The van der Waals surface area contributed by atoms with Gasteiger partial charge in [0, 0.05) is 24.4 Å². The molecule has 6 heteroatoms. The second-order valence-electron chi connectivity index (χ2n) is 3.96. The predicted octanol–water partition coefficient (Wildman–Crippen LogP) is 1.90. The molecule has 2 rings (SSSR count). The smallest absolute Gasteiger partial charge is 0.409 e. The second kappa shape index (κ2) is 5.27. The summed E-state index contributed by atoms with van der Waals surface area (Å²) >= 11 is 1.52. The zero-order valence-electron chi connectivity index (χ0n) is 9.59. The fourth-order valence-electron chi connectivity index (χ4n) is 1.98. The van der Waals surface area contributed by atoms with Gasteiger partial charge in [-0.25, -0.2) is 9.78 Å². The molecule has 0 bridgehead atoms. The number of thiazole rings is 1. The number of nitrogens with zero attached hydrogens (tertiary/aromatic N) is 2. The Morgan fingerprint density at radius 3 is 2.82 bits per heavy atom. The average Bonchev–Trinajstić information content (AvgIpc) is 2.87. The van der Waals surface area contributed by atoms with Crippen molar-refractivity contribution >= 4 is 23.7 Å². The maximum Gasteiger partial charge on any atom is 0.409 e. The zero-order chi connectivity index (χ0) is 12.3. The quantitative estimate of drug-likeness (QED) is 0.756. The van der Waals surface area contributed by atoms with E-state index in [1.54, 1.807) is 10.3 Å². The number of rotatable bonds is 2. The van der Waals surface area contributed by atoms with Crippen LogP contribution in [0.3, 0.4) is 0 Å². The Labute approximate surface area is 103 Å². The lowest BCUT2D eigenvalue weighted by Gasteiger charge is -2.29. The molecule has 1 aromatic heterocycles. The SMILES string of the molecule is COC(=O)N1CCC(c2nc(C=O)cs2)CC1. The minimum Gasteiger partial charge on any atom is -0.453 e. The molecule has 1 aliphatic rings. The van der Waals surface area contributed by atoms with Crippen LogP contribution in [0.2, 0.25) is 0 Å². The second-order valence-corrected chi connectivity index (χ2v) is 4.85. The van der Waals surface area contributed by atoms with Gasteiger partial charge in [0.05, 0.1) is 12.1 Å². The standard InChI is InChI=1S/C11H14N2O3S/c1-16-11(15)13-4-2-8(3-5-13)10-12-9(6-14)7-17-10/h6-8H,2-5H2,1H3. The van der Waals surface area contributed by atoms with Gasteiger partial charge in [0.25, 0.3) is 0 Å². The fourth-order valence-corrected chi connectivity index (χ4v) is 2.92. The van der Waals surface area contributed by atoms with Gasteiger partial charge in [0.15, 0.2) is 6.29 Å². The first-order valence-corrected chi connectivity index (χ1v) is 6.36. The molecule has 0 N–H and O–H groups in total. The van der Waals surface area contributed by atoms with Crippen LogP contribution in [-0.2, 0) is 4.74 Å². The summed E-state index contributed by atoms with van der Waals surface area (Å²) in [5, 5.41) is 2.77. The normalized spacial score (nSPS) is 16.9. The zero-order valence-corrected chi connectivity index (χ0v) is 10.4. The van der Waals surface area contributed by atoms with E-state index in [9.17, 15) is 9.59 Å². The van der Waals surface area contributed by atoms with Gasteiger partial charge in [0.1, 0.15) is 5.69 Å². The van der Waals surface area contributed by atoms with Gasteiger partial charge in [-0.05, 0) is 12.8 Å². The van der Waals surface area contributed by atoms with Gasteiger partial charge < -0.3 is 9.64 Å². The summed E-state index contributed by atoms with van der Waals surface area (Å²) in [7, 11) is 1.39. The summed E-state index contributed by atoms with van der Waals surface area (Å²) in [4.78, 5) is 27.8. The summed E-state index contributed by atoms with van der Waals surface area (Å²) < 4.78 is 4.68. The fraction of sp³-hybridized carbons (Fsp3) is 0.545. The lowest BCUT2D eigenvalue weighted by atomic mass is 9.98. The van der Waals surface area contributed by atoms with E-state index in [2.05, 4.69) is 9.72 Å². The number of piperidine rings is 1. The Hall–Kier alpha value is -1.43. The van der Waals surface area contributed by atoms with Gasteiger partial charge in [-0.1, -0.05) is 0 Å². The van der Waals surface area contributed by atoms with Crippen LogP contribution in [0.5, 0.6) is 0 Å². The first kappa shape index (κ1) is 12.0. The Kier molecular flexibility index (Phi) is 3.73. The molecule has 0 aromatic carbocycles. The van der Waals surface area contributed by atoms with Crippen LogP contribution in [0.4, 0.5) is 4.79 Å². The summed E-state index contributed by atoms with van der Waals surface area (Å²) in [6.07, 6.45) is 2.25. The topological polar surface area (TPSA) is 59.5 Å². The molecule has 1 aliphatic heterocycles. The molecule has 1 fully saturated rings. The van der Waals surface area contributed by atoms with Crippen molar-refractivity contribution in [3.8, 4) is 0 Å². The highest BCUT2D eigenvalue weighted by atomic mass is 32.1. The molecule has 1 amide bonds. The van der Waals surface area contributed by atoms with E-state index < -0.39 is 0 Å². The summed E-state index contributed by atoms with van der Waals surface area (Å²) in [5.41, 5.74) is 0.500. The van der Waals surface area contributed by atoms with Gasteiger partial charge in [-0.2, -0.15) is 0 Å². The Bertz CT molecular complexity index is 411. The van der Waals surface area contributed by atoms with E-state index in [0.29, 0.717) is 24.7 Å². The maximum atomic E-state index is 11.3. The van der Waals surface area contributed by atoms with E-state index in [-0.39, 0.29) is 6.09 Å². The maximum absolute atomic E-state index is 11.3. The molecule has 2 heterocycles. The molecule has 0 aliphatic carbocycles. The number of carbonyl (C=O) groups excluding carboxylic acids is 2. The largest absolute Gasteiger partial charge is 0.453 e. The highest BCUT2D eigenvalue weighted by molar-refractivity contribution is 7.09. The van der Waals surface area contributed by atoms with Crippen LogP contribution >= 0.6 is 11.3 Å². The number of hydrogen-bond acceptors (Lipinski definition) is 5. The van der Waals surface area contributed by atoms with Crippen molar-refractivity contribution < 1.29 is 14.3 Å². The van der Waals surface area contributed by atoms with Gasteiger partial charge >= 0.3 is 6.09 Å². The number of ether oxygens (including phenoxy) is 1. The van der Waals surface area contributed by atoms with E-state index in [4.69, 9.17) is 0 Å². The number of carbonyl (C=O) groups is 2.